The van der Waals surface area contributed by atoms with Crippen molar-refractivity contribution in [3.8, 4) is 5.75 Å². The normalized spacial score (nSPS) is 12.5. The molecule has 1 aliphatic rings. The lowest BCUT2D eigenvalue weighted by Crippen LogP contribution is -2.43. The molecule has 10 nitrogen and oxygen atoms in total. The molecule has 0 aliphatic carbocycles. The topological polar surface area (TPSA) is 137 Å². The van der Waals surface area contributed by atoms with E-state index in [1.165, 1.54) is 18.7 Å². The predicted octanol–water partition coefficient (Wildman–Crippen LogP) is 3.19. The van der Waals surface area contributed by atoms with Gasteiger partial charge in [-0.2, -0.15) is 0 Å². The molecule has 0 atom stereocenters. The Bertz CT molecular complexity index is 1060. The van der Waals surface area contributed by atoms with Crippen LogP contribution in [-0.4, -0.2) is 80.7 Å². The molecule has 1 aromatic heterocycles. The molecule has 214 valence electrons. The average molecular weight is 558 g/mol. The van der Waals surface area contributed by atoms with Gasteiger partial charge in [0.05, 0.1) is 0 Å². The maximum absolute atomic E-state index is 11.5. The molecule has 0 unspecified atom stereocenters. The SMILES string of the molecule is CC.CC(N)=O.CNCCOc1ccc(C=O)c(CN(C)C(=N)S/C=C/c2cnccc2N2CCNCC2)c1. The first-order valence-corrected chi connectivity index (χ1v) is 13.9. The smallest absolute Gasteiger partial charge is 0.214 e. The first-order valence-electron chi connectivity index (χ1n) is 13.0. The maximum Gasteiger partial charge on any atom is 0.214 e. The van der Waals surface area contributed by atoms with Crippen LogP contribution in [0.2, 0.25) is 0 Å². The minimum atomic E-state index is -0.333. The lowest BCUT2D eigenvalue weighted by molar-refractivity contribution is -0.115. The number of nitrogens with zero attached hydrogens (tertiary/aromatic N) is 3. The highest BCUT2D eigenvalue weighted by Crippen LogP contribution is 2.24. The van der Waals surface area contributed by atoms with Crippen molar-refractivity contribution in [3.63, 3.8) is 0 Å². The number of amides is 1. The summed E-state index contributed by atoms with van der Waals surface area (Å²) in [6.07, 6.45) is 6.53. The van der Waals surface area contributed by atoms with E-state index in [9.17, 15) is 9.59 Å². The van der Waals surface area contributed by atoms with Crippen molar-refractivity contribution in [2.75, 3.05) is 58.3 Å². The van der Waals surface area contributed by atoms with E-state index >= 15 is 0 Å². The molecule has 11 heteroatoms. The van der Waals surface area contributed by atoms with Crippen molar-refractivity contribution in [2.45, 2.75) is 27.3 Å². The molecule has 1 aliphatic heterocycles. The summed E-state index contributed by atoms with van der Waals surface area (Å²) in [5, 5.41) is 17.2. The third-order valence-electron chi connectivity index (χ3n) is 5.33. The van der Waals surface area contributed by atoms with Gasteiger partial charge in [-0.25, -0.2) is 0 Å². The third kappa shape index (κ3) is 12.8. The molecule has 39 heavy (non-hydrogen) atoms. The molecule has 0 radical (unpaired) electrons. The van der Waals surface area contributed by atoms with Crippen LogP contribution in [0.4, 0.5) is 5.69 Å². The summed E-state index contributed by atoms with van der Waals surface area (Å²) in [6.45, 7) is 10.9. The monoisotopic (exact) mass is 557 g/mol. The van der Waals surface area contributed by atoms with Gasteiger partial charge in [0.2, 0.25) is 5.91 Å². The minimum Gasteiger partial charge on any atom is -0.492 e. The summed E-state index contributed by atoms with van der Waals surface area (Å²) in [4.78, 5) is 29.1. The Hall–Kier alpha value is -3.41. The molecule has 1 amide bonds. The summed E-state index contributed by atoms with van der Waals surface area (Å²) in [6, 6.07) is 7.48. The fourth-order valence-corrected chi connectivity index (χ4v) is 4.09. The van der Waals surface area contributed by atoms with Crippen LogP contribution in [0.3, 0.4) is 0 Å². The van der Waals surface area contributed by atoms with Gasteiger partial charge >= 0.3 is 0 Å². The van der Waals surface area contributed by atoms with Crippen LogP contribution < -0.4 is 26.0 Å². The van der Waals surface area contributed by atoms with Crippen LogP contribution in [0.15, 0.2) is 42.1 Å². The Morgan fingerprint density at radius 3 is 2.62 bits per heavy atom. The van der Waals surface area contributed by atoms with Gasteiger partial charge in [-0.3, -0.25) is 20.0 Å². The highest BCUT2D eigenvalue weighted by Gasteiger charge is 2.13. The van der Waals surface area contributed by atoms with Crippen LogP contribution >= 0.6 is 11.8 Å². The number of benzene rings is 1. The lowest BCUT2D eigenvalue weighted by atomic mass is 10.1. The van der Waals surface area contributed by atoms with Gasteiger partial charge in [0.15, 0.2) is 5.17 Å². The Labute approximate surface area is 236 Å². The fourth-order valence-electron chi connectivity index (χ4n) is 3.51. The van der Waals surface area contributed by atoms with Crippen molar-refractivity contribution in [1.82, 2.24) is 20.5 Å². The number of hydrogen-bond donors (Lipinski definition) is 4. The number of rotatable bonds is 10. The number of amidine groups is 1. The number of carbonyl (C=O) groups excluding carboxylic acids is 2. The van der Waals surface area contributed by atoms with Crippen LogP contribution in [-0.2, 0) is 11.3 Å². The van der Waals surface area contributed by atoms with Crippen LogP contribution in [0.5, 0.6) is 5.75 Å². The van der Waals surface area contributed by atoms with E-state index < -0.39 is 0 Å². The molecule has 2 aromatic rings. The average Bonchev–Trinajstić information content (AvgIpc) is 2.95. The predicted molar refractivity (Wildman–Crippen MR) is 163 cm³/mol. The van der Waals surface area contributed by atoms with Gasteiger partial charge in [0.1, 0.15) is 18.6 Å². The Balaban J connectivity index is 0.00000116. The molecule has 1 aromatic carbocycles. The fraction of sp³-hybridized carbons (Fsp3) is 0.429. The first-order chi connectivity index (χ1) is 18.8. The van der Waals surface area contributed by atoms with Gasteiger partial charge in [0, 0.05) is 82.4 Å². The Kier molecular flexibility index (Phi) is 16.9. The number of nitrogens with two attached hydrogens (primary N) is 1. The van der Waals surface area contributed by atoms with Crippen molar-refractivity contribution < 1.29 is 14.3 Å². The molecule has 3 rings (SSSR count). The molecule has 0 spiro atoms. The second kappa shape index (κ2) is 19.6. The number of anilines is 1. The van der Waals surface area contributed by atoms with E-state index in [2.05, 4.69) is 26.3 Å². The van der Waals surface area contributed by atoms with Gasteiger partial charge in [-0.15, -0.1) is 0 Å². The number of thioether (sulfide) groups is 1. The van der Waals surface area contributed by atoms with Crippen LogP contribution in [0, 0.1) is 5.41 Å². The molecule has 5 N–H and O–H groups in total. The first kappa shape index (κ1) is 33.6. The zero-order valence-corrected chi connectivity index (χ0v) is 24.5. The van der Waals surface area contributed by atoms with Gasteiger partial charge < -0.3 is 30.9 Å². The number of likely N-dealkylation sites (N-methyl/N-ethyl adjacent to an activating group) is 1. The van der Waals surface area contributed by atoms with E-state index in [4.69, 9.17) is 10.1 Å². The van der Waals surface area contributed by atoms with E-state index in [1.54, 1.807) is 12.1 Å². The van der Waals surface area contributed by atoms with E-state index in [-0.39, 0.29) is 5.91 Å². The number of ether oxygens (including phenoxy) is 1. The van der Waals surface area contributed by atoms with Crippen LogP contribution in [0.25, 0.3) is 6.08 Å². The molecule has 1 saturated heterocycles. The summed E-state index contributed by atoms with van der Waals surface area (Å²) in [5.74, 6) is 0.385. The summed E-state index contributed by atoms with van der Waals surface area (Å²) >= 11 is 1.33. The maximum atomic E-state index is 11.5. The highest BCUT2D eigenvalue weighted by molar-refractivity contribution is 8.16. The van der Waals surface area contributed by atoms with Gasteiger partial charge in [-0.1, -0.05) is 25.6 Å². The number of aromatic nitrogens is 1. The van der Waals surface area contributed by atoms with Crippen molar-refractivity contribution in [2.24, 2.45) is 5.73 Å². The number of nitrogens with one attached hydrogen (secondary N) is 3. The van der Waals surface area contributed by atoms with Crippen molar-refractivity contribution >= 4 is 40.9 Å². The van der Waals surface area contributed by atoms with E-state index in [1.807, 2.05) is 68.9 Å². The van der Waals surface area contributed by atoms with E-state index in [0.29, 0.717) is 23.9 Å². The summed E-state index contributed by atoms with van der Waals surface area (Å²) in [5.41, 5.74) is 8.11. The van der Waals surface area contributed by atoms with Gasteiger partial charge in [-0.05, 0) is 48.4 Å². The zero-order valence-electron chi connectivity index (χ0n) is 23.7. The largest absolute Gasteiger partial charge is 0.492 e. The molecular formula is C28H43N7O3S. The quantitative estimate of drug-likeness (QED) is 0.150. The minimum absolute atomic E-state index is 0.333. The van der Waals surface area contributed by atoms with Crippen molar-refractivity contribution in [1.29, 1.82) is 5.41 Å². The molecule has 0 saturated carbocycles. The number of primary amides is 1. The Morgan fingerprint density at radius 2 is 1.97 bits per heavy atom. The van der Waals surface area contributed by atoms with Crippen molar-refractivity contribution in [3.05, 3.63) is 58.8 Å². The lowest BCUT2D eigenvalue weighted by Gasteiger charge is -2.30. The second-order valence-corrected chi connectivity index (χ2v) is 9.19. The number of carbonyl (C=O) groups is 2. The van der Waals surface area contributed by atoms with E-state index in [0.717, 1.165) is 61.6 Å². The Morgan fingerprint density at radius 1 is 1.28 bits per heavy atom. The third-order valence-corrected chi connectivity index (χ3v) is 6.14. The molecule has 0 bridgehead atoms. The number of aldehydes is 1. The standard InChI is InChI=1S/C24H32N6O2S.C2H5NO.C2H6/c1-26-10-13-32-22-4-3-20(18-31)21(15-22)17-29(2)24(25)33-14-6-19-16-28-7-5-23(19)30-11-8-27-9-12-30;1-2(3)4;1-2/h3-7,14-16,18,25-27H,8-13,17H2,1-2H3;1H3,(H2,3,4);1-2H3/b14-6+,25-24?;;. The zero-order chi connectivity index (χ0) is 29.0. The number of pyridine rings is 1. The number of hydrogen-bond acceptors (Lipinski definition) is 9. The number of piperazine rings is 1. The summed E-state index contributed by atoms with van der Waals surface area (Å²) in [7, 11) is 3.72. The second-order valence-electron chi connectivity index (χ2n) is 8.29. The highest BCUT2D eigenvalue weighted by atomic mass is 32.2. The van der Waals surface area contributed by atoms with Gasteiger partial charge in [0.25, 0.3) is 0 Å². The van der Waals surface area contributed by atoms with Crippen LogP contribution in [0.1, 0.15) is 42.3 Å². The molecule has 1 fully saturated rings. The molecular weight excluding hydrogens is 514 g/mol. The molecule has 2 heterocycles. The summed E-state index contributed by atoms with van der Waals surface area (Å²) < 4.78 is 5.72.